The van der Waals surface area contributed by atoms with Crippen molar-refractivity contribution < 1.29 is 0 Å². The Bertz CT molecular complexity index is 540. The third kappa shape index (κ3) is 3.45. The maximum atomic E-state index is 3.60. The summed E-state index contributed by atoms with van der Waals surface area (Å²) in [7, 11) is 0. The highest BCUT2D eigenvalue weighted by Gasteiger charge is 2.06. The molecule has 0 saturated heterocycles. The fourth-order valence-electron chi connectivity index (χ4n) is 2.24. The van der Waals surface area contributed by atoms with E-state index >= 15 is 0 Å². The van der Waals surface area contributed by atoms with Gasteiger partial charge in [-0.3, -0.25) is 0 Å². The molecule has 1 N–H and O–H groups in total. The van der Waals surface area contributed by atoms with Crippen molar-refractivity contribution in [3.05, 3.63) is 70.3 Å². The standard InChI is InChI=1S/C18H23N/c1-13-8-10-17(11-9-13)16(4)19-12-18-7-5-6-14(2)15(18)3/h5-11,16,19H,12H2,1-4H3. The van der Waals surface area contributed by atoms with Gasteiger partial charge in [0.25, 0.3) is 0 Å². The van der Waals surface area contributed by atoms with E-state index in [1.165, 1.54) is 27.8 Å². The lowest BCUT2D eigenvalue weighted by molar-refractivity contribution is 0.573. The molecule has 0 aliphatic carbocycles. The molecule has 0 aliphatic heterocycles. The topological polar surface area (TPSA) is 12.0 Å². The summed E-state index contributed by atoms with van der Waals surface area (Å²) in [6, 6.07) is 15.6. The normalized spacial score (nSPS) is 12.4. The molecule has 0 bridgehead atoms. The molecule has 100 valence electrons. The van der Waals surface area contributed by atoms with Crippen molar-refractivity contribution in [3.63, 3.8) is 0 Å². The fourth-order valence-corrected chi connectivity index (χ4v) is 2.24. The van der Waals surface area contributed by atoms with Gasteiger partial charge in [0, 0.05) is 12.6 Å². The molecule has 1 nitrogen and oxygen atoms in total. The summed E-state index contributed by atoms with van der Waals surface area (Å²) >= 11 is 0. The first-order valence-corrected chi connectivity index (χ1v) is 6.93. The lowest BCUT2D eigenvalue weighted by Crippen LogP contribution is -2.18. The molecular weight excluding hydrogens is 230 g/mol. The van der Waals surface area contributed by atoms with Crippen LogP contribution in [0.15, 0.2) is 42.5 Å². The monoisotopic (exact) mass is 253 g/mol. The smallest absolute Gasteiger partial charge is 0.0294 e. The third-order valence-corrected chi connectivity index (χ3v) is 3.89. The highest BCUT2D eigenvalue weighted by molar-refractivity contribution is 5.33. The Hall–Kier alpha value is -1.60. The van der Waals surface area contributed by atoms with Crippen molar-refractivity contribution in [1.29, 1.82) is 0 Å². The van der Waals surface area contributed by atoms with E-state index in [9.17, 15) is 0 Å². The van der Waals surface area contributed by atoms with Crippen molar-refractivity contribution in [2.45, 2.75) is 40.3 Å². The zero-order valence-corrected chi connectivity index (χ0v) is 12.3. The van der Waals surface area contributed by atoms with Crippen LogP contribution in [0.2, 0.25) is 0 Å². The van der Waals surface area contributed by atoms with Crippen LogP contribution < -0.4 is 5.32 Å². The molecule has 0 aromatic heterocycles. The van der Waals surface area contributed by atoms with E-state index in [0.717, 1.165) is 6.54 Å². The molecule has 0 saturated carbocycles. The lowest BCUT2D eigenvalue weighted by Gasteiger charge is -2.16. The van der Waals surface area contributed by atoms with Crippen LogP contribution in [0.3, 0.4) is 0 Å². The van der Waals surface area contributed by atoms with E-state index in [0.29, 0.717) is 6.04 Å². The minimum absolute atomic E-state index is 0.375. The molecule has 0 amide bonds. The predicted octanol–water partition coefficient (Wildman–Crippen LogP) is 4.46. The second-order valence-corrected chi connectivity index (χ2v) is 5.37. The quantitative estimate of drug-likeness (QED) is 0.848. The highest BCUT2D eigenvalue weighted by Crippen LogP contribution is 2.16. The Balaban J connectivity index is 2.02. The zero-order chi connectivity index (χ0) is 13.8. The Labute approximate surface area is 116 Å². The molecule has 1 atom stereocenters. The van der Waals surface area contributed by atoms with Gasteiger partial charge in [-0.1, -0.05) is 48.0 Å². The van der Waals surface area contributed by atoms with Gasteiger partial charge in [0.1, 0.15) is 0 Å². The molecular formula is C18H23N. The second-order valence-electron chi connectivity index (χ2n) is 5.37. The number of nitrogens with one attached hydrogen (secondary N) is 1. The lowest BCUT2D eigenvalue weighted by atomic mass is 10.0. The Morgan fingerprint density at radius 1 is 0.947 bits per heavy atom. The Morgan fingerprint density at radius 3 is 2.32 bits per heavy atom. The average molecular weight is 253 g/mol. The molecule has 0 radical (unpaired) electrons. The molecule has 2 rings (SSSR count). The van der Waals surface area contributed by atoms with Crippen LogP contribution in [0.4, 0.5) is 0 Å². The van der Waals surface area contributed by atoms with Gasteiger partial charge in [-0.15, -0.1) is 0 Å². The summed E-state index contributed by atoms with van der Waals surface area (Å²) < 4.78 is 0. The van der Waals surface area contributed by atoms with Crippen LogP contribution in [0, 0.1) is 20.8 Å². The fraction of sp³-hybridized carbons (Fsp3) is 0.333. The van der Waals surface area contributed by atoms with E-state index < -0.39 is 0 Å². The molecule has 19 heavy (non-hydrogen) atoms. The van der Waals surface area contributed by atoms with Gasteiger partial charge in [0.2, 0.25) is 0 Å². The van der Waals surface area contributed by atoms with Gasteiger partial charge < -0.3 is 5.32 Å². The predicted molar refractivity (Wildman–Crippen MR) is 82.3 cm³/mol. The molecule has 1 unspecified atom stereocenters. The largest absolute Gasteiger partial charge is 0.306 e. The van der Waals surface area contributed by atoms with Crippen LogP contribution in [-0.2, 0) is 6.54 Å². The van der Waals surface area contributed by atoms with Gasteiger partial charge >= 0.3 is 0 Å². The van der Waals surface area contributed by atoms with Gasteiger partial charge in [-0.25, -0.2) is 0 Å². The van der Waals surface area contributed by atoms with Crippen LogP contribution in [0.5, 0.6) is 0 Å². The minimum Gasteiger partial charge on any atom is -0.306 e. The van der Waals surface area contributed by atoms with Crippen LogP contribution in [-0.4, -0.2) is 0 Å². The minimum atomic E-state index is 0.375. The van der Waals surface area contributed by atoms with Crippen molar-refractivity contribution in [2.75, 3.05) is 0 Å². The van der Waals surface area contributed by atoms with Crippen molar-refractivity contribution >= 4 is 0 Å². The van der Waals surface area contributed by atoms with Crippen molar-refractivity contribution in [2.24, 2.45) is 0 Å². The first-order chi connectivity index (χ1) is 9.08. The summed E-state index contributed by atoms with van der Waals surface area (Å²) in [5.41, 5.74) is 6.80. The summed E-state index contributed by atoms with van der Waals surface area (Å²) in [6.45, 7) is 9.63. The number of hydrogen-bond acceptors (Lipinski definition) is 1. The van der Waals surface area contributed by atoms with Gasteiger partial charge in [-0.2, -0.15) is 0 Å². The molecule has 0 heterocycles. The Kier molecular flexibility index (Phi) is 4.39. The Morgan fingerprint density at radius 2 is 1.63 bits per heavy atom. The van der Waals surface area contributed by atoms with Gasteiger partial charge in [0.05, 0.1) is 0 Å². The first-order valence-electron chi connectivity index (χ1n) is 6.93. The van der Waals surface area contributed by atoms with Crippen LogP contribution >= 0.6 is 0 Å². The SMILES string of the molecule is Cc1ccc(C(C)NCc2cccc(C)c2C)cc1. The summed E-state index contributed by atoms with van der Waals surface area (Å²) in [5.74, 6) is 0. The average Bonchev–Trinajstić information content (AvgIpc) is 2.41. The van der Waals surface area contributed by atoms with Crippen LogP contribution in [0.25, 0.3) is 0 Å². The molecule has 0 aliphatic rings. The van der Waals surface area contributed by atoms with E-state index in [2.05, 4.69) is 75.5 Å². The molecule has 1 heteroatoms. The van der Waals surface area contributed by atoms with E-state index in [4.69, 9.17) is 0 Å². The van der Waals surface area contributed by atoms with Crippen molar-refractivity contribution in [1.82, 2.24) is 5.32 Å². The summed E-state index contributed by atoms with van der Waals surface area (Å²) in [4.78, 5) is 0. The highest BCUT2D eigenvalue weighted by atomic mass is 14.9. The molecule has 0 spiro atoms. The van der Waals surface area contributed by atoms with E-state index in [1.54, 1.807) is 0 Å². The number of hydrogen-bond donors (Lipinski definition) is 1. The van der Waals surface area contributed by atoms with E-state index in [1.807, 2.05) is 0 Å². The van der Waals surface area contributed by atoms with Crippen molar-refractivity contribution in [3.8, 4) is 0 Å². The number of rotatable bonds is 4. The number of benzene rings is 2. The number of aryl methyl sites for hydroxylation is 2. The first kappa shape index (κ1) is 13.8. The summed E-state index contributed by atoms with van der Waals surface area (Å²) in [5, 5.41) is 3.60. The molecule has 2 aromatic rings. The molecule has 2 aromatic carbocycles. The molecule has 0 fully saturated rings. The van der Waals surface area contributed by atoms with Crippen LogP contribution in [0.1, 0.15) is 40.8 Å². The summed E-state index contributed by atoms with van der Waals surface area (Å²) in [6.07, 6.45) is 0. The second kappa shape index (κ2) is 6.03. The van der Waals surface area contributed by atoms with E-state index in [-0.39, 0.29) is 0 Å². The maximum Gasteiger partial charge on any atom is 0.0294 e. The van der Waals surface area contributed by atoms with Gasteiger partial charge in [-0.05, 0) is 49.9 Å². The third-order valence-electron chi connectivity index (χ3n) is 3.89. The zero-order valence-electron chi connectivity index (χ0n) is 12.3. The maximum absolute atomic E-state index is 3.60. The van der Waals surface area contributed by atoms with Gasteiger partial charge in [0.15, 0.2) is 0 Å².